The van der Waals surface area contributed by atoms with E-state index in [4.69, 9.17) is 98.2 Å². The molecule has 3 saturated heterocycles. The molecule has 9 unspecified atom stereocenters. The Hall–Kier alpha value is -5.37. The molecule has 12 atom stereocenters. The number of rotatable bonds is 20. The number of piperidine rings is 3. The van der Waals surface area contributed by atoms with E-state index in [0.717, 1.165) is 28.4 Å². The summed E-state index contributed by atoms with van der Waals surface area (Å²) >= 11 is 0. The molecule has 0 bridgehead atoms. The monoisotopic (exact) mass is 1310 g/mol. The van der Waals surface area contributed by atoms with Crippen LogP contribution in [-0.4, -0.2) is 151 Å². The molecule has 3 aromatic rings. The lowest BCUT2D eigenvalue weighted by atomic mass is 9.75. The second-order valence-electron chi connectivity index (χ2n) is 25.2. The first kappa shape index (κ1) is 35.9. The molecular formula is C73H116N6O12. The zero-order valence-corrected chi connectivity index (χ0v) is 54.7. The van der Waals surface area contributed by atoms with Crippen molar-refractivity contribution in [2.24, 2.45) is 69.9 Å². The lowest BCUT2D eigenvalue weighted by Gasteiger charge is -2.48. The second-order valence-corrected chi connectivity index (χ2v) is 25.2. The number of carbonyl (C=O) groups excluding carboxylic acids is 3. The summed E-state index contributed by atoms with van der Waals surface area (Å²) < 4.78 is 391. The van der Waals surface area contributed by atoms with E-state index in [1.54, 1.807) is 90.0 Å². The fourth-order valence-electron chi connectivity index (χ4n) is 9.72. The summed E-state index contributed by atoms with van der Waals surface area (Å²) in [7, 11) is -2.16. The molecule has 0 spiro atoms. The number of hydrogen-bond acceptors (Lipinski definition) is 18. The van der Waals surface area contributed by atoms with Gasteiger partial charge in [-0.1, -0.05) is 90.0 Å². The Kier molecular flexibility index (Phi) is 12.7. The lowest BCUT2D eigenvalue weighted by Crippen LogP contribution is -2.51. The summed E-state index contributed by atoms with van der Waals surface area (Å²) in [5, 5.41) is 0. The van der Waals surface area contributed by atoms with Gasteiger partial charge in [-0.2, -0.15) is 0 Å². The predicted molar refractivity (Wildman–Crippen MR) is 358 cm³/mol. The predicted octanol–water partition coefficient (Wildman–Crippen LogP) is 11.1. The maximum Gasteiger partial charge on any atom is 0.323 e. The molecule has 6 aliphatic heterocycles. The third-order valence-corrected chi connectivity index (χ3v) is 14.7. The van der Waals surface area contributed by atoms with E-state index < -0.39 is 328 Å². The van der Waals surface area contributed by atoms with Gasteiger partial charge < -0.3 is 59.8 Å². The number of benzene rings is 3. The topological polar surface area (TPSA) is 222 Å². The van der Waals surface area contributed by atoms with Crippen molar-refractivity contribution in [1.82, 2.24) is 14.7 Å². The van der Waals surface area contributed by atoms with E-state index in [1.165, 1.54) is 0 Å². The SMILES string of the molecule is [2H]c1c(OC)c(OC([2H])([2H])[2H])c([2H])c2c1C1N(C([2H])([2H])C2([2H])[2H])C([2H])([2H])C([2H])(CC(C)(C)C)C(OC(=O)[C@@H](N)C(C)C)C1([2H])[2H].[2H]c1c(OC)c(OC([2H])([2H])[2H])c([2H])c2c1C1N(C([2H])([2H])C2([2H])[2H])C([2H])([2H])C([2H])(CC(C)C)C(OC(=O)[C@@H](N)C(C)C)C1([2H])[2H].[2H]c1c(OC)c(OC)c([2H])c2c1C1N(C([2H])([2H])C2([2H])[2H])C([2H])([2H])C([2H])(CC(C)C)C(OC(=O)[C@@H](N)C(C)C)C1([2H])[2H]. The Labute approximate surface area is 600 Å². The number of esters is 3. The average Bonchev–Trinajstić information content (AvgIpc) is 0.667. The first-order valence-corrected chi connectivity index (χ1v) is 29.9. The molecule has 3 fully saturated rings. The van der Waals surface area contributed by atoms with E-state index in [1.807, 2.05) is 0 Å². The molecule has 6 aliphatic rings. The van der Waals surface area contributed by atoms with Crippen molar-refractivity contribution in [1.29, 1.82) is 0 Å². The second kappa shape index (κ2) is 32.2. The van der Waals surface area contributed by atoms with Gasteiger partial charge >= 0.3 is 17.9 Å². The minimum atomic E-state index is -3.54. The van der Waals surface area contributed by atoms with Gasteiger partial charge in [0.15, 0.2) is 34.5 Å². The van der Waals surface area contributed by atoms with E-state index in [2.05, 4.69) is 0 Å². The van der Waals surface area contributed by atoms with E-state index in [-0.39, 0.29) is 21.3 Å². The maximum atomic E-state index is 13.2. The highest BCUT2D eigenvalue weighted by Crippen LogP contribution is 2.49. The van der Waals surface area contributed by atoms with Gasteiger partial charge in [-0.25, -0.2) is 0 Å². The minimum Gasteiger partial charge on any atom is -0.493 e. The van der Waals surface area contributed by atoms with Crippen LogP contribution >= 0.6 is 0 Å². The Morgan fingerprint density at radius 2 is 0.769 bits per heavy atom. The van der Waals surface area contributed by atoms with Gasteiger partial charge in [-0.15, -0.1) is 0 Å². The van der Waals surface area contributed by atoms with Gasteiger partial charge in [-0.05, 0) is 143 Å². The van der Waals surface area contributed by atoms with Gasteiger partial charge in [0.05, 0.1) is 59.0 Å². The number of fused-ring (bicyclic) bond motifs is 9. The van der Waals surface area contributed by atoms with Crippen molar-refractivity contribution in [2.75, 3.05) is 81.5 Å². The largest absolute Gasteiger partial charge is 0.493 e. The van der Waals surface area contributed by atoms with Gasteiger partial charge in [0.2, 0.25) is 0 Å². The Morgan fingerprint density at radius 3 is 1.03 bits per heavy atom. The van der Waals surface area contributed by atoms with Gasteiger partial charge in [-0.3, -0.25) is 29.1 Å². The van der Waals surface area contributed by atoms with Crippen molar-refractivity contribution in [3.05, 3.63) is 69.6 Å². The van der Waals surface area contributed by atoms with Crippen molar-refractivity contribution in [2.45, 2.75) is 202 Å². The number of carbonyl (C=O) groups is 3. The summed E-state index contributed by atoms with van der Waals surface area (Å²) in [5.41, 5.74) is 12.2. The van der Waals surface area contributed by atoms with Gasteiger partial charge in [0.25, 0.3) is 0 Å². The van der Waals surface area contributed by atoms with Gasteiger partial charge in [0.1, 0.15) is 36.4 Å². The smallest absolute Gasteiger partial charge is 0.323 e. The molecule has 18 nitrogen and oxygen atoms in total. The quantitative estimate of drug-likeness (QED) is 0.0707. The zero-order chi connectivity index (χ0) is 101. The first-order valence-electron chi connectivity index (χ1n) is 49.4. The van der Waals surface area contributed by atoms with Crippen LogP contribution in [0.3, 0.4) is 0 Å². The molecule has 9 rings (SSSR count). The number of nitrogens with two attached hydrogens (primary N) is 3. The third kappa shape index (κ3) is 18.1. The highest BCUT2D eigenvalue weighted by Gasteiger charge is 2.46. The molecule has 6 N–H and O–H groups in total. The Balaban J connectivity index is 0.000000267. The summed E-state index contributed by atoms with van der Waals surface area (Å²) in [4.78, 5) is 40.1. The van der Waals surface area contributed by atoms with Crippen LogP contribution in [0.4, 0.5) is 0 Å². The molecule has 6 heterocycles. The standard InChI is InChI=1S/C25H40N2O4.2C24H38N2O4/c1-15(2)23(26)24(28)31-20-12-19-18-11-22(30-7)21(29-6)10-16(18)8-9-27(19)14-17(20)13-25(3,4)5;2*1-14(2)9-17-13-26-8-7-16-10-21(28-5)22(29-6)11-18(16)19(26)12-20(17)30-24(27)23(25)15(3)4/h10-11,15,17,19-20,23H,8-9,12-14,26H2,1-7H3;2*10-11,14-15,17,19-20,23H,7-9,12-13,25H2,1-6H3/t3*17?,19?,20?,23-/m000/s1/i6D3,8D2,9D2,10D,11D,12D2,14D2,17D;5D3,7D2,8D2,10D,11D,12D2,13D2,17D;7D2,8D2,10D,11D,12D2,13D2,17D. The van der Waals surface area contributed by atoms with Gasteiger partial charge in [0, 0.05) is 131 Å². The van der Waals surface area contributed by atoms with Crippen LogP contribution in [-0.2, 0) is 47.7 Å². The fraction of sp³-hybridized carbons (Fsp3) is 0.712. The van der Waals surface area contributed by atoms with Crippen molar-refractivity contribution >= 4 is 17.9 Å². The zero-order valence-electron chi connectivity index (χ0n) is 93.7. The van der Waals surface area contributed by atoms with Crippen LogP contribution in [0, 0.1) is 52.7 Å². The van der Waals surface area contributed by atoms with Crippen LogP contribution in [0.1, 0.15) is 233 Å². The van der Waals surface area contributed by atoms with Crippen molar-refractivity contribution in [3.8, 4) is 34.5 Å². The number of methoxy groups -OCH3 is 6. The third-order valence-electron chi connectivity index (χ3n) is 14.7. The molecule has 3 aromatic carbocycles. The molecule has 0 saturated carbocycles. The fourth-order valence-corrected chi connectivity index (χ4v) is 9.72. The van der Waals surface area contributed by atoms with Crippen LogP contribution in [0.25, 0.3) is 0 Å². The molecule has 510 valence electrons. The number of ether oxygens (including phenoxy) is 9. The van der Waals surface area contributed by atoms with Crippen LogP contribution in [0.5, 0.6) is 34.5 Å². The maximum absolute atomic E-state index is 13.2. The molecular weight excluding hydrogens is 1150 g/mol. The molecule has 18 heteroatoms. The van der Waals surface area contributed by atoms with Crippen molar-refractivity contribution < 1.29 is 110 Å². The summed E-state index contributed by atoms with van der Waals surface area (Å²) in [6, 6.07) is -15.9. The highest BCUT2D eigenvalue weighted by molar-refractivity contribution is 5.77. The molecule has 91 heavy (non-hydrogen) atoms. The van der Waals surface area contributed by atoms with E-state index in [9.17, 15) is 29.5 Å². The summed E-state index contributed by atoms with van der Waals surface area (Å²) in [6.07, 6.45) is -27.5. The molecule has 0 amide bonds. The highest BCUT2D eigenvalue weighted by atomic mass is 16.6. The molecule has 0 radical (unpaired) electrons. The normalized spacial score (nSPS) is 40.5. The lowest BCUT2D eigenvalue weighted by molar-refractivity contribution is -0.161. The van der Waals surface area contributed by atoms with Crippen molar-refractivity contribution in [3.63, 3.8) is 0 Å². The number of nitrogens with zero attached hydrogens (tertiary/aromatic N) is 3. The van der Waals surface area contributed by atoms with Crippen LogP contribution in [0.2, 0.25) is 0 Å². The van der Waals surface area contributed by atoms with E-state index >= 15 is 0 Å². The van der Waals surface area contributed by atoms with Crippen LogP contribution in [0.15, 0.2) is 36.3 Å². The number of hydrogen-bond donors (Lipinski definition) is 3. The Bertz CT molecular complexity index is 4780. The molecule has 0 aromatic heterocycles. The summed E-state index contributed by atoms with van der Waals surface area (Å²) in [6.45, 7) is 0.708. The average molecular weight is 1310 g/mol. The Morgan fingerprint density at radius 1 is 0.495 bits per heavy atom. The first-order chi connectivity index (χ1) is 58.1. The van der Waals surface area contributed by atoms with Crippen LogP contribution < -0.4 is 45.6 Å². The summed E-state index contributed by atoms with van der Waals surface area (Å²) in [5.74, 6) is -18.1. The molecule has 0 aliphatic carbocycles. The minimum absolute atomic E-state index is 0.200. The van der Waals surface area contributed by atoms with E-state index in [0.29, 0.717) is 4.90 Å².